The molecule has 0 atom stereocenters. The van der Waals surface area contributed by atoms with Gasteiger partial charge >= 0.3 is 0 Å². The highest BCUT2D eigenvalue weighted by atomic mass is 16.5. The van der Waals surface area contributed by atoms with Crippen LogP contribution in [0.15, 0.2) is 52.7 Å². The van der Waals surface area contributed by atoms with Crippen molar-refractivity contribution in [1.82, 2.24) is 4.57 Å². The van der Waals surface area contributed by atoms with Crippen molar-refractivity contribution in [2.24, 2.45) is 27.2 Å². The normalized spacial score (nSPS) is 11.2. The van der Waals surface area contributed by atoms with Crippen molar-refractivity contribution in [2.75, 3.05) is 6.61 Å². The van der Waals surface area contributed by atoms with E-state index in [0.717, 1.165) is 11.4 Å². The molecule has 1 aromatic heterocycles. The molecule has 7 heteroatoms. The van der Waals surface area contributed by atoms with Gasteiger partial charge in [-0.15, -0.1) is 0 Å². The topological polar surface area (TPSA) is 117 Å². The van der Waals surface area contributed by atoms with Crippen LogP contribution in [0.2, 0.25) is 0 Å². The maximum Gasteiger partial charge on any atom is 0.223 e. The number of ether oxygens (including phenoxy) is 1. The molecule has 1 heterocycles. The summed E-state index contributed by atoms with van der Waals surface area (Å²) in [6, 6.07) is 9.33. The molecule has 0 radical (unpaired) electrons. The number of nitrogens with two attached hydrogens (primary N) is 3. The number of rotatable bonds is 4. The number of benzene rings is 1. The van der Waals surface area contributed by atoms with Gasteiger partial charge in [0.05, 0.1) is 18.0 Å². The van der Waals surface area contributed by atoms with E-state index in [-0.39, 0.29) is 11.9 Å². The lowest BCUT2D eigenvalue weighted by molar-refractivity contribution is 0.339. The van der Waals surface area contributed by atoms with Crippen molar-refractivity contribution >= 4 is 17.6 Å². The second-order valence-corrected chi connectivity index (χ2v) is 4.18. The van der Waals surface area contributed by atoms with E-state index < -0.39 is 0 Å². The molecule has 0 unspecified atom stereocenters. The Kier molecular flexibility index (Phi) is 4.45. The first-order valence-corrected chi connectivity index (χ1v) is 6.44. The van der Waals surface area contributed by atoms with Crippen LogP contribution in [0.25, 0.3) is 5.69 Å². The molecule has 21 heavy (non-hydrogen) atoms. The fourth-order valence-electron chi connectivity index (χ4n) is 1.84. The summed E-state index contributed by atoms with van der Waals surface area (Å²) in [5.74, 6) is 0.624. The maximum atomic E-state index is 5.64. The zero-order valence-electron chi connectivity index (χ0n) is 11.7. The summed E-state index contributed by atoms with van der Waals surface area (Å²) in [7, 11) is 0. The predicted octanol–water partition coefficient (Wildman–Crippen LogP) is 1.10. The molecule has 7 nitrogen and oxygen atoms in total. The monoisotopic (exact) mass is 286 g/mol. The average Bonchev–Trinajstić information content (AvgIpc) is 2.93. The van der Waals surface area contributed by atoms with Gasteiger partial charge in [0.25, 0.3) is 0 Å². The maximum absolute atomic E-state index is 5.64. The summed E-state index contributed by atoms with van der Waals surface area (Å²) in [5.41, 5.74) is 17.6. The van der Waals surface area contributed by atoms with Crippen molar-refractivity contribution in [2.45, 2.75) is 6.92 Å². The standard InChI is InChI=1S/C14H18N6O/c1-2-21-12-6-5-10(18-14(17)19-13(15)16)9-11(12)20-7-3-4-8-20/h3-9H,2H2,1H3,(H6,15,16,17,18,19). The van der Waals surface area contributed by atoms with E-state index >= 15 is 0 Å². The van der Waals surface area contributed by atoms with Gasteiger partial charge in [-0.3, -0.25) is 0 Å². The number of guanidine groups is 2. The highest BCUT2D eigenvalue weighted by molar-refractivity contribution is 5.93. The quantitative estimate of drug-likeness (QED) is 0.576. The Morgan fingerprint density at radius 2 is 1.90 bits per heavy atom. The molecule has 0 aliphatic heterocycles. The Labute approximate surface area is 122 Å². The van der Waals surface area contributed by atoms with Crippen LogP contribution in [-0.4, -0.2) is 23.1 Å². The summed E-state index contributed by atoms with van der Waals surface area (Å²) in [6.07, 6.45) is 3.84. The Morgan fingerprint density at radius 3 is 2.52 bits per heavy atom. The summed E-state index contributed by atoms with van der Waals surface area (Å²) in [4.78, 5) is 7.83. The van der Waals surface area contributed by atoms with E-state index in [1.807, 2.05) is 48.1 Å². The van der Waals surface area contributed by atoms with E-state index in [2.05, 4.69) is 9.98 Å². The molecular formula is C14H18N6O. The molecule has 2 aromatic rings. The van der Waals surface area contributed by atoms with E-state index in [1.54, 1.807) is 6.07 Å². The number of aromatic nitrogens is 1. The lowest BCUT2D eigenvalue weighted by atomic mass is 10.2. The Balaban J connectivity index is 2.42. The molecule has 0 aliphatic carbocycles. The van der Waals surface area contributed by atoms with Crippen LogP contribution in [0, 0.1) is 0 Å². The van der Waals surface area contributed by atoms with Gasteiger partial charge in [0.15, 0.2) is 5.96 Å². The van der Waals surface area contributed by atoms with Crippen LogP contribution in [0.3, 0.4) is 0 Å². The van der Waals surface area contributed by atoms with Crippen LogP contribution in [0.4, 0.5) is 5.69 Å². The van der Waals surface area contributed by atoms with Crippen LogP contribution in [0.5, 0.6) is 5.75 Å². The van der Waals surface area contributed by atoms with E-state index in [1.165, 1.54) is 0 Å². The van der Waals surface area contributed by atoms with E-state index in [0.29, 0.717) is 12.3 Å². The zero-order valence-corrected chi connectivity index (χ0v) is 11.7. The van der Waals surface area contributed by atoms with Crippen molar-refractivity contribution in [3.63, 3.8) is 0 Å². The smallest absolute Gasteiger partial charge is 0.223 e. The van der Waals surface area contributed by atoms with Crippen molar-refractivity contribution in [3.8, 4) is 11.4 Å². The first-order valence-electron chi connectivity index (χ1n) is 6.44. The molecule has 0 fully saturated rings. The molecule has 0 bridgehead atoms. The number of aliphatic imine (C=N–C) groups is 2. The lowest BCUT2D eigenvalue weighted by Gasteiger charge is -2.12. The fourth-order valence-corrected chi connectivity index (χ4v) is 1.84. The van der Waals surface area contributed by atoms with Crippen LogP contribution in [-0.2, 0) is 0 Å². The number of hydrogen-bond donors (Lipinski definition) is 3. The minimum absolute atomic E-state index is 0.00221. The molecule has 6 N–H and O–H groups in total. The lowest BCUT2D eigenvalue weighted by Crippen LogP contribution is -2.26. The van der Waals surface area contributed by atoms with Crippen molar-refractivity contribution < 1.29 is 4.74 Å². The van der Waals surface area contributed by atoms with Gasteiger partial charge in [-0.25, -0.2) is 4.99 Å². The summed E-state index contributed by atoms with van der Waals surface area (Å²) < 4.78 is 7.55. The van der Waals surface area contributed by atoms with Crippen molar-refractivity contribution in [3.05, 3.63) is 42.7 Å². The van der Waals surface area contributed by atoms with Crippen LogP contribution >= 0.6 is 0 Å². The molecule has 0 saturated heterocycles. The molecule has 110 valence electrons. The number of hydrogen-bond acceptors (Lipinski definition) is 2. The minimum atomic E-state index is -0.132. The molecule has 0 saturated carbocycles. The number of nitrogens with zero attached hydrogens (tertiary/aromatic N) is 3. The second kappa shape index (κ2) is 6.47. The Bertz CT molecular complexity index is 656. The summed E-state index contributed by atoms with van der Waals surface area (Å²) in [5, 5.41) is 0. The highest BCUT2D eigenvalue weighted by Gasteiger charge is 2.06. The molecule has 0 aliphatic rings. The van der Waals surface area contributed by atoms with Crippen LogP contribution < -0.4 is 21.9 Å². The molecule has 0 spiro atoms. The average molecular weight is 286 g/mol. The second-order valence-electron chi connectivity index (χ2n) is 4.18. The fraction of sp³-hybridized carbons (Fsp3) is 0.143. The summed E-state index contributed by atoms with van der Waals surface area (Å²) in [6.45, 7) is 2.51. The molecule has 0 amide bonds. The summed E-state index contributed by atoms with van der Waals surface area (Å²) >= 11 is 0. The van der Waals surface area contributed by atoms with Gasteiger partial charge in [-0.05, 0) is 37.3 Å². The van der Waals surface area contributed by atoms with E-state index in [9.17, 15) is 0 Å². The first kappa shape index (κ1) is 14.4. The molecular weight excluding hydrogens is 268 g/mol. The van der Waals surface area contributed by atoms with Gasteiger partial charge in [-0.2, -0.15) is 4.99 Å². The van der Waals surface area contributed by atoms with Gasteiger partial charge < -0.3 is 26.5 Å². The van der Waals surface area contributed by atoms with Gasteiger partial charge in [0.2, 0.25) is 5.96 Å². The molecule has 1 aromatic carbocycles. The third kappa shape index (κ3) is 3.75. The predicted molar refractivity (Wildman–Crippen MR) is 84.0 cm³/mol. The Hall–Kier alpha value is -2.96. The highest BCUT2D eigenvalue weighted by Crippen LogP contribution is 2.28. The van der Waals surface area contributed by atoms with E-state index in [4.69, 9.17) is 21.9 Å². The first-order chi connectivity index (χ1) is 10.1. The molecule has 2 rings (SSSR count). The largest absolute Gasteiger partial charge is 0.492 e. The third-order valence-electron chi connectivity index (χ3n) is 2.61. The third-order valence-corrected chi connectivity index (χ3v) is 2.61. The van der Waals surface area contributed by atoms with Gasteiger partial charge in [0, 0.05) is 12.4 Å². The zero-order chi connectivity index (χ0) is 15.2. The SMILES string of the molecule is CCOc1ccc(N=C(N)N=C(N)N)cc1-n1cccc1. The Morgan fingerprint density at radius 1 is 1.19 bits per heavy atom. The van der Waals surface area contributed by atoms with Crippen LogP contribution in [0.1, 0.15) is 6.92 Å². The van der Waals surface area contributed by atoms with Gasteiger partial charge in [-0.1, -0.05) is 0 Å². The minimum Gasteiger partial charge on any atom is -0.492 e. The van der Waals surface area contributed by atoms with Gasteiger partial charge in [0.1, 0.15) is 5.75 Å². The van der Waals surface area contributed by atoms with Crippen molar-refractivity contribution in [1.29, 1.82) is 0 Å².